The van der Waals surface area contributed by atoms with Gasteiger partial charge in [0.15, 0.2) is 0 Å². The smallest absolute Gasteiger partial charge is 0.339 e. The van der Waals surface area contributed by atoms with Gasteiger partial charge in [0, 0.05) is 0 Å². The lowest BCUT2D eigenvalue weighted by Gasteiger charge is -2.20. The van der Waals surface area contributed by atoms with Crippen LogP contribution in [0.4, 0.5) is 0 Å². The molecule has 2 aromatic carbocycles. The van der Waals surface area contributed by atoms with Gasteiger partial charge in [-0.3, -0.25) is 4.18 Å². The summed E-state index contributed by atoms with van der Waals surface area (Å²) < 4.78 is 35.7. The Morgan fingerprint density at radius 2 is 1.81 bits per heavy atom. The number of hydrogen-bond donors (Lipinski definition) is 1. The average Bonchev–Trinajstić information content (AvgIpc) is 3.44. The molecule has 6 nitrogen and oxygen atoms in total. The fourth-order valence-corrected chi connectivity index (χ4v) is 3.49. The molecule has 0 radical (unpaired) electrons. The fraction of sp³-hybridized carbons (Fsp3) is 0.316. The van der Waals surface area contributed by atoms with E-state index >= 15 is 0 Å². The number of rotatable bonds is 8. The largest absolute Gasteiger partial charge is 0.487 e. The standard InChI is InChI=1S/C19H20O6S/c1-13-6-10-15(11-7-13)26(22,23)24-12-18(14-8-9-14)25-17-5-3-2-4-16(17)19(20)21/h2-7,10-11,14,18H,8-9,12H2,1H3,(H,20,21). The molecular formula is C19H20O6S. The van der Waals surface area contributed by atoms with Crippen LogP contribution < -0.4 is 4.74 Å². The summed E-state index contributed by atoms with van der Waals surface area (Å²) in [4.78, 5) is 11.4. The molecule has 26 heavy (non-hydrogen) atoms. The Hall–Kier alpha value is -2.38. The highest BCUT2D eigenvalue weighted by atomic mass is 32.2. The Bertz CT molecular complexity index is 885. The summed E-state index contributed by atoms with van der Waals surface area (Å²) in [5.74, 6) is -0.721. The number of hydrogen-bond acceptors (Lipinski definition) is 5. The molecule has 0 spiro atoms. The average molecular weight is 376 g/mol. The maximum atomic E-state index is 12.3. The summed E-state index contributed by atoms with van der Waals surface area (Å²) in [5.41, 5.74) is 0.993. The van der Waals surface area contributed by atoms with Crippen molar-refractivity contribution in [3.63, 3.8) is 0 Å². The summed E-state index contributed by atoms with van der Waals surface area (Å²) in [5, 5.41) is 9.26. The lowest BCUT2D eigenvalue weighted by atomic mass is 10.2. The van der Waals surface area contributed by atoms with Gasteiger partial charge >= 0.3 is 5.97 Å². The van der Waals surface area contributed by atoms with E-state index in [9.17, 15) is 18.3 Å². The lowest BCUT2D eigenvalue weighted by molar-refractivity contribution is 0.0678. The first-order chi connectivity index (χ1) is 12.4. The molecule has 1 unspecified atom stereocenters. The van der Waals surface area contributed by atoms with Crippen LogP contribution in [-0.2, 0) is 14.3 Å². The maximum Gasteiger partial charge on any atom is 0.339 e. The van der Waals surface area contributed by atoms with Crippen molar-refractivity contribution in [2.24, 2.45) is 5.92 Å². The van der Waals surface area contributed by atoms with Crippen LogP contribution in [0.3, 0.4) is 0 Å². The molecule has 0 amide bonds. The molecule has 0 saturated heterocycles. The van der Waals surface area contributed by atoms with Gasteiger partial charge in [-0.25, -0.2) is 4.79 Å². The number of carboxylic acids is 1. The molecule has 1 N–H and O–H groups in total. The minimum Gasteiger partial charge on any atom is -0.487 e. The van der Waals surface area contributed by atoms with Gasteiger partial charge in [0.25, 0.3) is 10.1 Å². The van der Waals surface area contributed by atoms with Crippen LogP contribution in [0.25, 0.3) is 0 Å². The van der Waals surface area contributed by atoms with Crippen LogP contribution in [0, 0.1) is 12.8 Å². The molecule has 0 bridgehead atoms. The molecule has 1 aliphatic carbocycles. The van der Waals surface area contributed by atoms with Gasteiger partial charge in [-0.2, -0.15) is 8.42 Å². The summed E-state index contributed by atoms with van der Waals surface area (Å²) >= 11 is 0. The zero-order valence-corrected chi connectivity index (χ0v) is 15.1. The highest BCUT2D eigenvalue weighted by Crippen LogP contribution is 2.36. The molecule has 1 aliphatic rings. The summed E-state index contributed by atoms with van der Waals surface area (Å²) in [6.07, 6.45) is 1.28. The number of aromatic carboxylic acids is 1. The van der Waals surface area contributed by atoms with Gasteiger partial charge in [0.1, 0.15) is 24.0 Å². The van der Waals surface area contributed by atoms with Gasteiger partial charge in [0.2, 0.25) is 0 Å². The van der Waals surface area contributed by atoms with E-state index in [-0.39, 0.29) is 28.7 Å². The first-order valence-electron chi connectivity index (χ1n) is 8.32. The van der Waals surface area contributed by atoms with E-state index in [0.717, 1.165) is 18.4 Å². The van der Waals surface area contributed by atoms with Crippen molar-refractivity contribution in [1.82, 2.24) is 0 Å². The highest BCUT2D eigenvalue weighted by molar-refractivity contribution is 7.86. The van der Waals surface area contributed by atoms with Crippen LogP contribution >= 0.6 is 0 Å². The lowest BCUT2D eigenvalue weighted by Crippen LogP contribution is -2.28. The normalized spacial score (nSPS) is 15.4. The van der Waals surface area contributed by atoms with Crippen molar-refractivity contribution in [2.75, 3.05) is 6.61 Å². The van der Waals surface area contributed by atoms with Crippen LogP contribution in [-0.4, -0.2) is 32.2 Å². The van der Waals surface area contributed by atoms with Gasteiger partial charge in [-0.15, -0.1) is 0 Å². The van der Waals surface area contributed by atoms with Crippen molar-refractivity contribution in [1.29, 1.82) is 0 Å². The maximum absolute atomic E-state index is 12.3. The van der Waals surface area contributed by atoms with Crippen LogP contribution in [0.5, 0.6) is 5.75 Å². The molecule has 1 saturated carbocycles. The second-order valence-corrected chi connectivity index (χ2v) is 7.96. The summed E-state index contributed by atoms with van der Waals surface area (Å²) in [6, 6.07) is 12.7. The third kappa shape index (κ3) is 4.42. The second kappa shape index (κ2) is 7.47. The number of carbonyl (C=O) groups is 1. The van der Waals surface area contributed by atoms with Gasteiger partial charge in [-0.05, 0) is 49.9 Å². The Labute approximate surface area is 152 Å². The minimum absolute atomic E-state index is 0.0412. The zero-order valence-electron chi connectivity index (χ0n) is 14.3. The van der Waals surface area contributed by atoms with E-state index < -0.39 is 22.2 Å². The number of ether oxygens (including phenoxy) is 1. The topological polar surface area (TPSA) is 89.9 Å². The number of benzene rings is 2. The molecule has 1 atom stereocenters. The van der Waals surface area contributed by atoms with Gasteiger partial charge in [-0.1, -0.05) is 29.8 Å². The van der Waals surface area contributed by atoms with E-state index in [2.05, 4.69) is 0 Å². The summed E-state index contributed by atoms with van der Waals surface area (Å²) in [7, 11) is -3.89. The van der Waals surface area contributed by atoms with Crippen LogP contribution in [0.2, 0.25) is 0 Å². The number of para-hydroxylation sites is 1. The summed E-state index contributed by atoms with van der Waals surface area (Å²) in [6.45, 7) is 1.71. The fourth-order valence-electron chi connectivity index (χ4n) is 2.57. The molecule has 2 aromatic rings. The van der Waals surface area contributed by atoms with Crippen molar-refractivity contribution in [3.8, 4) is 5.75 Å². The second-order valence-electron chi connectivity index (χ2n) is 6.35. The Morgan fingerprint density at radius 1 is 1.15 bits per heavy atom. The third-order valence-corrected chi connectivity index (χ3v) is 5.54. The Kier molecular flexibility index (Phi) is 5.29. The Morgan fingerprint density at radius 3 is 2.42 bits per heavy atom. The quantitative estimate of drug-likeness (QED) is 0.711. The van der Waals surface area contributed by atoms with Crippen molar-refractivity contribution in [3.05, 3.63) is 59.7 Å². The predicted molar refractivity (Wildman–Crippen MR) is 94.9 cm³/mol. The molecule has 0 aliphatic heterocycles. The first kappa shape index (κ1) is 18.4. The number of carboxylic acid groups (broad SMARTS) is 1. The molecule has 0 aromatic heterocycles. The van der Waals surface area contributed by atoms with Crippen molar-refractivity contribution >= 4 is 16.1 Å². The molecule has 7 heteroatoms. The Balaban J connectivity index is 1.72. The zero-order chi connectivity index (χ0) is 18.7. The molecule has 3 rings (SSSR count). The van der Waals surface area contributed by atoms with Crippen molar-refractivity contribution < 1.29 is 27.2 Å². The van der Waals surface area contributed by atoms with Gasteiger partial charge < -0.3 is 9.84 Å². The van der Waals surface area contributed by atoms with E-state index in [1.165, 1.54) is 18.2 Å². The van der Waals surface area contributed by atoms with Crippen molar-refractivity contribution in [2.45, 2.75) is 30.8 Å². The van der Waals surface area contributed by atoms with Crippen LogP contribution in [0.1, 0.15) is 28.8 Å². The predicted octanol–water partition coefficient (Wildman–Crippen LogP) is 3.26. The minimum atomic E-state index is -3.89. The van der Waals surface area contributed by atoms with E-state index in [4.69, 9.17) is 8.92 Å². The molecule has 1 fully saturated rings. The highest BCUT2D eigenvalue weighted by Gasteiger charge is 2.35. The van der Waals surface area contributed by atoms with E-state index in [1.54, 1.807) is 30.3 Å². The monoisotopic (exact) mass is 376 g/mol. The van der Waals surface area contributed by atoms with E-state index in [1.807, 2.05) is 6.92 Å². The first-order valence-corrected chi connectivity index (χ1v) is 9.73. The molecular weight excluding hydrogens is 356 g/mol. The SMILES string of the molecule is Cc1ccc(S(=O)(=O)OCC(Oc2ccccc2C(=O)O)C2CC2)cc1. The van der Waals surface area contributed by atoms with Crippen LogP contribution in [0.15, 0.2) is 53.4 Å². The third-order valence-electron chi connectivity index (χ3n) is 4.24. The van der Waals surface area contributed by atoms with E-state index in [0.29, 0.717) is 0 Å². The van der Waals surface area contributed by atoms with Gasteiger partial charge in [0.05, 0.1) is 4.90 Å². The molecule has 138 valence electrons. The molecule has 0 heterocycles. The number of aryl methyl sites for hydroxylation is 1.